The van der Waals surface area contributed by atoms with Gasteiger partial charge in [-0.25, -0.2) is 4.39 Å². The van der Waals surface area contributed by atoms with Gasteiger partial charge in [0.1, 0.15) is 11.7 Å². The van der Waals surface area contributed by atoms with E-state index in [1.54, 1.807) is 12.1 Å². The maximum Gasteiger partial charge on any atom is 0.261 e. The van der Waals surface area contributed by atoms with Crippen LogP contribution in [-0.2, 0) is 14.4 Å². The van der Waals surface area contributed by atoms with Crippen LogP contribution in [0.2, 0.25) is 0 Å². The van der Waals surface area contributed by atoms with E-state index in [0.29, 0.717) is 23.1 Å². The van der Waals surface area contributed by atoms with Gasteiger partial charge in [-0.3, -0.25) is 19.2 Å². The number of halogens is 2. The molecule has 1 aromatic carbocycles. The standard InChI is InChI=1S/C19H19ClFN3O4S.C4H10/c20-7-17(26)24(9-11-4-5-22-18(11)27)10-12(25)8-23-19(28)16-6-13-14(21)2-1-3-15(13)29-16;1-4(2)3/h1-3,6,11H,4-5,7-10H2,(H,22,27)(H,23,28);4H,1-3H3/t11-;/m0./s1. The normalized spacial score (nSPS) is 15.1. The Kier molecular flexibility index (Phi) is 10.2. The minimum atomic E-state index is -0.496. The van der Waals surface area contributed by atoms with Crippen LogP contribution >= 0.6 is 22.9 Å². The van der Waals surface area contributed by atoms with Gasteiger partial charge < -0.3 is 15.5 Å². The van der Waals surface area contributed by atoms with E-state index in [2.05, 4.69) is 31.4 Å². The summed E-state index contributed by atoms with van der Waals surface area (Å²) < 4.78 is 14.4. The number of rotatable bonds is 8. The Morgan fingerprint density at radius 2 is 2.00 bits per heavy atom. The summed E-state index contributed by atoms with van der Waals surface area (Å²) in [5, 5.41) is 5.52. The van der Waals surface area contributed by atoms with E-state index in [4.69, 9.17) is 11.6 Å². The maximum absolute atomic E-state index is 13.8. The lowest BCUT2D eigenvalue weighted by Gasteiger charge is -2.23. The Morgan fingerprint density at radius 1 is 1.30 bits per heavy atom. The molecule has 1 aliphatic rings. The molecule has 33 heavy (non-hydrogen) atoms. The molecule has 0 aliphatic carbocycles. The van der Waals surface area contributed by atoms with Gasteiger partial charge in [0.05, 0.1) is 23.9 Å². The zero-order valence-electron chi connectivity index (χ0n) is 19.0. The number of fused-ring (bicyclic) bond motifs is 1. The summed E-state index contributed by atoms with van der Waals surface area (Å²) in [6.45, 7) is 6.59. The average molecular weight is 498 g/mol. The first-order chi connectivity index (χ1) is 15.6. The highest BCUT2D eigenvalue weighted by Gasteiger charge is 2.29. The van der Waals surface area contributed by atoms with Crippen molar-refractivity contribution in [3.8, 4) is 0 Å². The number of hydrogen-bond donors (Lipinski definition) is 2. The monoisotopic (exact) mass is 497 g/mol. The largest absolute Gasteiger partial charge is 0.356 e. The molecule has 10 heteroatoms. The topological polar surface area (TPSA) is 95.6 Å². The lowest BCUT2D eigenvalue weighted by molar-refractivity contribution is -0.134. The minimum absolute atomic E-state index is 0.104. The van der Waals surface area contributed by atoms with E-state index in [1.807, 2.05) is 0 Å². The molecule has 1 atom stereocenters. The predicted molar refractivity (Wildman–Crippen MR) is 128 cm³/mol. The van der Waals surface area contributed by atoms with Gasteiger partial charge in [0.25, 0.3) is 5.91 Å². The lowest BCUT2D eigenvalue weighted by atomic mass is 10.1. The summed E-state index contributed by atoms with van der Waals surface area (Å²) in [5.74, 6) is -1.77. The third kappa shape index (κ3) is 8.08. The highest BCUT2D eigenvalue weighted by molar-refractivity contribution is 7.20. The van der Waals surface area contributed by atoms with Gasteiger partial charge in [-0.15, -0.1) is 22.9 Å². The number of alkyl halides is 1. The van der Waals surface area contributed by atoms with E-state index in [1.165, 1.54) is 17.0 Å². The van der Waals surface area contributed by atoms with E-state index in [0.717, 1.165) is 17.3 Å². The number of amides is 3. The Labute approximate surface area is 201 Å². The van der Waals surface area contributed by atoms with E-state index >= 15 is 0 Å². The maximum atomic E-state index is 13.8. The number of thiophene rings is 1. The molecule has 1 aliphatic heterocycles. The predicted octanol–water partition coefficient (Wildman–Crippen LogP) is 3.21. The molecule has 2 heterocycles. The average Bonchev–Trinajstić information content (AvgIpc) is 3.37. The van der Waals surface area contributed by atoms with Gasteiger partial charge in [-0.05, 0) is 30.5 Å². The van der Waals surface area contributed by atoms with Crippen LogP contribution in [0, 0.1) is 17.7 Å². The first-order valence-electron chi connectivity index (χ1n) is 10.7. The van der Waals surface area contributed by atoms with Crippen molar-refractivity contribution in [1.29, 1.82) is 0 Å². The lowest BCUT2D eigenvalue weighted by Crippen LogP contribution is -2.43. The summed E-state index contributed by atoms with van der Waals surface area (Å²) in [7, 11) is 0. The van der Waals surface area contributed by atoms with Gasteiger partial charge in [0, 0.05) is 23.2 Å². The second-order valence-corrected chi connectivity index (χ2v) is 9.75. The van der Waals surface area contributed by atoms with E-state index in [-0.39, 0.29) is 42.2 Å². The Morgan fingerprint density at radius 3 is 2.58 bits per heavy atom. The highest BCUT2D eigenvalue weighted by atomic mass is 35.5. The molecular weight excluding hydrogens is 469 g/mol. The van der Waals surface area contributed by atoms with Gasteiger partial charge in [-0.1, -0.05) is 26.8 Å². The number of Topliss-reactive ketones (excluding diaryl/α,β-unsaturated/α-hetero) is 1. The van der Waals surface area contributed by atoms with Crippen LogP contribution in [0.3, 0.4) is 0 Å². The van der Waals surface area contributed by atoms with E-state index in [9.17, 15) is 23.6 Å². The molecule has 1 aromatic heterocycles. The van der Waals surface area contributed by atoms with Gasteiger partial charge in [0.2, 0.25) is 11.8 Å². The van der Waals surface area contributed by atoms with Crippen LogP contribution in [0.4, 0.5) is 4.39 Å². The zero-order chi connectivity index (χ0) is 24.5. The summed E-state index contributed by atoms with van der Waals surface area (Å²) in [6, 6.07) is 6.02. The van der Waals surface area contributed by atoms with Crippen LogP contribution in [0.5, 0.6) is 0 Å². The smallest absolute Gasteiger partial charge is 0.261 e. The molecule has 0 bridgehead atoms. The molecule has 3 amide bonds. The molecule has 3 rings (SSSR count). The molecule has 1 saturated heterocycles. The Balaban J connectivity index is 0.000000890. The fourth-order valence-electron chi connectivity index (χ4n) is 3.10. The molecule has 2 aromatic rings. The summed E-state index contributed by atoms with van der Waals surface area (Å²) >= 11 is 6.73. The van der Waals surface area contributed by atoms with Crippen LogP contribution in [0.1, 0.15) is 36.9 Å². The second-order valence-electron chi connectivity index (χ2n) is 8.40. The van der Waals surface area contributed by atoms with Crippen molar-refractivity contribution in [3.63, 3.8) is 0 Å². The van der Waals surface area contributed by atoms with Gasteiger partial charge in [0.15, 0.2) is 5.78 Å². The van der Waals surface area contributed by atoms with Crippen LogP contribution in [0.15, 0.2) is 24.3 Å². The van der Waals surface area contributed by atoms with Crippen molar-refractivity contribution in [1.82, 2.24) is 15.5 Å². The number of hydrogen-bond acceptors (Lipinski definition) is 5. The van der Waals surface area contributed by atoms with E-state index < -0.39 is 23.4 Å². The van der Waals surface area contributed by atoms with Crippen LogP contribution in [-0.4, -0.2) is 60.5 Å². The molecule has 2 N–H and O–H groups in total. The van der Waals surface area contributed by atoms with Gasteiger partial charge in [-0.2, -0.15) is 0 Å². The number of benzene rings is 1. The molecule has 1 fully saturated rings. The summed E-state index contributed by atoms with van der Waals surface area (Å²) in [4.78, 5) is 49.9. The SMILES string of the molecule is CC(C)C.O=C(CNC(=O)c1cc2c(F)cccc2s1)CN(C[C@@H]1CCNC1=O)C(=O)CCl. The number of nitrogens with one attached hydrogen (secondary N) is 2. The number of carbonyl (C=O) groups is 4. The van der Waals surface area contributed by atoms with Crippen LogP contribution < -0.4 is 10.6 Å². The Bertz CT molecular complexity index is 1010. The fourth-order valence-corrected chi connectivity index (χ4v) is 4.26. The van der Waals surface area contributed by atoms with Gasteiger partial charge >= 0.3 is 0 Å². The Hall–Kier alpha value is -2.52. The number of nitrogens with zero attached hydrogens (tertiary/aromatic N) is 1. The number of carbonyl (C=O) groups excluding carboxylic acids is 4. The summed E-state index contributed by atoms with van der Waals surface area (Å²) in [5.41, 5.74) is 0. The molecule has 0 radical (unpaired) electrons. The van der Waals surface area contributed by atoms with Crippen molar-refractivity contribution in [3.05, 3.63) is 35.0 Å². The van der Waals surface area contributed by atoms with Crippen molar-refractivity contribution in [2.45, 2.75) is 27.2 Å². The third-order valence-electron chi connectivity index (χ3n) is 4.62. The molecule has 180 valence electrons. The second kappa shape index (κ2) is 12.6. The molecule has 0 spiro atoms. The number of ketones is 1. The molecule has 0 saturated carbocycles. The van der Waals surface area contributed by atoms with Crippen molar-refractivity contribution >= 4 is 56.5 Å². The van der Waals surface area contributed by atoms with Crippen LogP contribution in [0.25, 0.3) is 10.1 Å². The molecular formula is C23H29ClFN3O4S. The van der Waals surface area contributed by atoms with Crippen molar-refractivity contribution in [2.24, 2.45) is 11.8 Å². The van der Waals surface area contributed by atoms with Crippen molar-refractivity contribution < 1.29 is 23.6 Å². The third-order valence-corrected chi connectivity index (χ3v) is 5.94. The minimum Gasteiger partial charge on any atom is -0.356 e. The molecule has 0 unspecified atom stereocenters. The highest BCUT2D eigenvalue weighted by Crippen LogP contribution is 2.27. The first kappa shape index (κ1) is 26.7. The van der Waals surface area contributed by atoms with Crippen molar-refractivity contribution in [2.75, 3.05) is 32.1 Å². The zero-order valence-corrected chi connectivity index (χ0v) is 20.5. The fraction of sp³-hybridized carbons (Fsp3) is 0.478. The molecule has 7 nitrogen and oxygen atoms in total. The quantitative estimate of drug-likeness (QED) is 0.547. The first-order valence-corrected chi connectivity index (χ1v) is 12.1. The summed E-state index contributed by atoms with van der Waals surface area (Å²) in [6.07, 6.45) is 0.582.